The molecule has 1 atom stereocenters. The van der Waals surface area contributed by atoms with Gasteiger partial charge in [-0.05, 0) is 25.0 Å². The smallest absolute Gasteiger partial charge is 0.417 e. The van der Waals surface area contributed by atoms with Crippen molar-refractivity contribution in [1.29, 1.82) is 0 Å². The lowest BCUT2D eigenvalue weighted by atomic mass is 10.3. The van der Waals surface area contributed by atoms with Gasteiger partial charge in [-0.25, -0.2) is 9.00 Å². The fourth-order valence-electron chi connectivity index (χ4n) is 1.67. The Balaban J connectivity index is 2.43. The van der Waals surface area contributed by atoms with Gasteiger partial charge in [0.05, 0.1) is 20.9 Å². The first kappa shape index (κ1) is 14.2. The normalized spacial score (nSPS) is 16.8. The molecule has 1 aliphatic carbocycles. The van der Waals surface area contributed by atoms with Crippen molar-refractivity contribution >= 4 is 21.5 Å². The molecule has 1 unspecified atom stereocenters. The van der Waals surface area contributed by atoms with Crippen molar-refractivity contribution in [2.45, 2.75) is 23.0 Å². The first-order valence-electron chi connectivity index (χ1n) is 5.79. The Bertz CT molecular complexity index is 670. The number of amides is 1. The molecule has 0 spiro atoms. The average Bonchev–Trinajstić information content (AvgIpc) is 3.23. The number of benzene rings is 1. The van der Waals surface area contributed by atoms with Crippen molar-refractivity contribution in [2.24, 2.45) is 4.36 Å². The Morgan fingerprint density at radius 3 is 2.50 bits per heavy atom. The Kier molecular flexibility index (Phi) is 3.84. The molecular weight excluding hydrogens is 284 g/mol. The van der Waals surface area contributed by atoms with E-state index in [1.807, 2.05) is 0 Å². The summed E-state index contributed by atoms with van der Waals surface area (Å²) in [5, 5.41) is 10.4. The van der Waals surface area contributed by atoms with Crippen molar-refractivity contribution in [3.8, 4) is 0 Å². The van der Waals surface area contributed by atoms with Crippen LogP contribution in [0, 0.1) is 10.1 Å². The summed E-state index contributed by atoms with van der Waals surface area (Å²) in [5.74, 6) is 0. The van der Waals surface area contributed by atoms with E-state index in [0.29, 0.717) is 17.7 Å². The van der Waals surface area contributed by atoms with E-state index in [1.165, 1.54) is 24.3 Å². The maximum absolute atomic E-state index is 12.8. The van der Waals surface area contributed by atoms with Gasteiger partial charge in [0, 0.05) is 22.3 Å². The molecule has 1 aromatic carbocycles. The molecule has 2 rings (SSSR count). The van der Waals surface area contributed by atoms with Crippen LogP contribution in [0.4, 0.5) is 10.5 Å². The summed E-state index contributed by atoms with van der Waals surface area (Å²) >= 11 is 0. The molecule has 0 aliphatic heterocycles. The number of rotatable bonds is 4. The van der Waals surface area contributed by atoms with Crippen LogP contribution in [0.3, 0.4) is 0 Å². The second-order valence-corrected chi connectivity index (χ2v) is 6.62. The molecule has 0 saturated heterocycles. The monoisotopic (exact) mass is 296 g/mol. The number of non-ortho nitro benzene ring substituents is 1. The summed E-state index contributed by atoms with van der Waals surface area (Å²) in [6, 6.07) is 5.21. The number of nitrogens with zero attached hydrogens (tertiary/aromatic N) is 2. The molecule has 0 bridgehead atoms. The van der Waals surface area contributed by atoms with Gasteiger partial charge < -0.3 is 4.74 Å². The van der Waals surface area contributed by atoms with Gasteiger partial charge in [0.15, 0.2) is 0 Å². The molecular formula is C12H12N2O5S. The summed E-state index contributed by atoms with van der Waals surface area (Å²) in [6.45, 7) is 3.22. The number of hydrogen-bond acceptors (Lipinski definition) is 5. The number of nitro benzene ring substituents is 1. The molecule has 8 heteroatoms. The number of carbonyl (C=O) groups is 1. The van der Waals surface area contributed by atoms with Gasteiger partial charge in [0.1, 0.15) is 0 Å². The zero-order valence-electron chi connectivity index (χ0n) is 10.4. The molecule has 1 saturated carbocycles. The molecule has 0 aromatic heterocycles. The Morgan fingerprint density at radius 2 is 2.05 bits per heavy atom. The lowest BCUT2D eigenvalue weighted by Gasteiger charge is -2.08. The molecule has 106 valence electrons. The van der Waals surface area contributed by atoms with Crippen LogP contribution in [-0.4, -0.2) is 20.5 Å². The molecule has 0 heterocycles. The quantitative estimate of drug-likeness (QED) is 0.483. The summed E-state index contributed by atoms with van der Waals surface area (Å²) in [7, 11) is -2.96. The molecule has 1 aliphatic rings. The van der Waals surface area contributed by atoms with Gasteiger partial charge >= 0.3 is 6.09 Å². The molecule has 7 nitrogen and oxygen atoms in total. The van der Waals surface area contributed by atoms with E-state index in [0.717, 1.165) is 6.26 Å². The van der Waals surface area contributed by atoms with Crippen molar-refractivity contribution in [3.05, 3.63) is 47.2 Å². The standard InChI is InChI=1S/C12H12N2O5S/c1-2-19-12(15)13-20(18,11-7-8-11)10-5-3-9(4-6-10)14(16)17/h2-6,11H,1,7-8H2. The predicted octanol–water partition coefficient (Wildman–Crippen LogP) is 2.86. The minimum Gasteiger partial charge on any atom is -0.417 e. The molecule has 1 amide bonds. The van der Waals surface area contributed by atoms with Crippen LogP contribution in [0.1, 0.15) is 12.8 Å². The topological polar surface area (TPSA) is 98.9 Å². The Hall–Kier alpha value is -2.22. The number of nitro groups is 1. The van der Waals surface area contributed by atoms with E-state index >= 15 is 0 Å². The van der Waals surface area contributed by atoms with Gasteiger partial charge in [-0.15, -0.1) is 4.36 Å². The highest BCUT2D eigenvalue weighted by Crippen LogP contribution is 2.36. The fourth-order valence-corrected chi connectivity index (χ4v) is 3.88. The van der Waals surface area contributed by atoms with Gasteiger partial charge in [-0.2, -0.15) is 0 Å². The largest absolute Gasteiger partial charge is 0.447 e. The van der Waals surface area contributed by atoms with Crippen molar-refractivity contribution < 1.29 is 18.7 Å². The highest BCUT2D eigenvalue weighted by Gasteiger charge is 2.36. The van der Waals surface area contributed by atoms with Crippen LogP contribution in [0.15, 0.2) is 46.4 Å². The van der Waals surface area contributed by atoms with Crippen LogP contribution in [0.25, 0.3) is 0 Å². The van der Waals surface area contributed by atoms with Crippen molar-refractivity contribution in [1.82, 2.24) is 0 Å². The molecule has 1 fully saturated rings. The van der Waals surface area contributed by atoms with Crippen LogP contribution >= 0.6 is 0 Å². The van der Waals surface area contributed by atoms with Crippen LogP contribution in [-0.2, 0) is 14.5 Å². The zero-order valence-corrected chi connectivity index (χ0v) is 11.2. The summed E-state index contributed by atoms with van der Waals surface area (Å²) in [4.78, 5) is 21.7. The first-order valence-corrected chi connectivity index (χ1v) is 7.37. The maximum Gasteiger partial charge on any atom is 0.447 e. The van der Waals surface area contributed by atoms with E-state index in [1.54, 1.807) is 0 Å². The Morgan fingerprint density at radius 1 is 1.45 bits per heavy atom. The zero-order chi connectivity index (χ0) is 14.8. The van der Waals surface area contributed by atoms with E-state index < -0.39 is 20.7 Å². The maximum atomic E-state index is 12.8. The first-order chi connectivity index (χ1) is 9.47. The number of ether oxygens (including phenoxy) is 1. The summed E-state index contributed by atoms with van der Waals surface area (Å²) in [6.07, 6.45) is 1.32. The van der Waals surface area contributed by atoms with E-state index in [2.05, 4.69) is 15.7 Å². The van der Waals surface area contributed by atoms with E-state index in [-0.39, 0.29) is 10.9 Å². The lowest BCUT2D eigenvalue weighted by Crippen LogP contribution is -2.10. The number of hydrogen-bond donors (Lipinski definition) is 0. The van der Waals surface area contributed by atoms with Crippen LogP contribution in [0.2, 0.25) is 0 Å². The average molecular weight is 296 g/mol. The van der Waals surface area contributed by atoms with Gasteiger partial charge in [-0.3, -0.25) is 10.1 Å². The fraction of sp³-hybridized carbons (Fsp3) is 0.250. The van der Waals surface area contributed by atoms with Gasteiger partial charge in [0.25, 0.3) is 5.69 Å². The predicted molar refractivity (Wildman–Crippen MR) is 71.6 cm³/mol. The van der Waals surface area contributed by atoms with Gasteiger partial charge in [0.2, 0.25) is 0 Å². The molecule has 1 aromatic rings. The third-order valence-corrected chi connectivity index (χ3v) is 5.50. The molecule has 0 radical (unpaired) electrons. The van der Waals surface area contributed by atoms with Crippen molar-refractivity contribution in [2.75, 3.05) is 0 Å². The molecule has 20 heavy (non-hydrogen) atoms. The summed E-state index contributed by atoms with van der Waals surface area (Å²) < 4.78 is 20.9. The minimum absolute atomic E-state index is 0.111. The third-order valence-electron chi connectivity index (χ3n) is 2.76. The van der Waals surface area contributed by atoms with Crippen LogP contribution < -0.4 is 0 Å². The van der Waals surface area contributed by atoms with Gasteiger partial charge in [-0.1, -0.05) is 6.58 Å². The second-order valence-electron chi connectivity index (χ2n) is 4.16. The Labute approximate surface area is 115 Å². The third kappa shape index (κ3) is 2.85. The second kappa shape index (κ2) is 5.41. The minimum atomic E-state index is -2.96. The summed E-state index contributed by atoms with van der Waals surface area (Å²) in [5.41, 5.74) is -0.111. The van der Waals surface area contributed by atoms with Crippen molar-refractivity contribution in [3.63, 3.8) is 0 Å². The molecule has 0 N–H and O–H groups in total. The number of carbonyl (C=O) groups excluding carboxylic acids is 1. The van der Waals surface area contributed by atoms with E-state index in [9.17, 15) is 19.1 Å². The lowest BCUT2D eigenvalue weighted by molar-refractivity contribution is -0.384. The highest BCUT2D eigenvalue weighted by molar-refractivity contribution is 7.94. The van der Waals surface area contributed by atoms with E-state index in [4.69, 9.17) is 0 Å². The van der Waals surface area contributed by atoms with Crippen LogP contribution in [0.5, 0.6) is 0 Å². The SMILES string of the molecule is C=COC(=O)N=S(=O)(c1ccc([N+](=O)[O-])cc1)C1CC1. The highest BCUT2D eigenvalue weighted by atomic mass is 32.2.